The van der Waals surface area contributed by atoms with Crippen molar-refractivity contribution in [2.24, 2.45) is 5.73 Å². The van der Waals surface area contributed by atoms with Crippen LogP contribution in [0.2, 0.25) is 5.02 Å². The van der Waals surface area contributed by atoms with Crippen LogP contribution in [-0.2, 0) is 0 Å². The number of nitrogens with two attached hydrogens (primary N) is 1. The summed E-state index contributed by atoms with van der Waals surface area (Å²) in [5.41, 5.74) is 8.84. The highest BCUT2D eigenvalue weighted by Gasteiger charge is 2.13. The van der Waals surface area contributed by atoms with E-state index in [1.54, 1.807) is 0 Å². The molecule has 3 heteroatoms. The monoisotopic (exact) mass is 327 g/mol. The summed E-state index contributed by atoms with van der Waals surface area (Å²) in [6.07, 6.45) is 9.83. The third-order valence-electron chi connectivity index (χ3n) is 3.53. The molecule has 0 heterocycles. The second kappa shape index (κ2) is 6.74. The number of rotatable bonds is 2. The first-order valence-electron chi connectivity index (χ1n) is 6.58. The maximum Gasteiger partial charge on any atom is 0.0551 e. The van der Waals surface area contributed by atoms with E-state index >= 15 is 0 Å². The minimum Gasteiger partial charge on any atom is -0.321 e. The largest absolute Gasteiger partial charge is 0.321 e. The molecule has 1 unspecified atom stereocenters. The van der Waals surface area contributed by atoms with Crippen molar-refractivity contribution < 1.29 is 0 Å². The van der Waals surface area contributed by atoms with Crippen LogP contribution in [0.5, 0.6) is 0 Å². The van der Waals surface area contributed by atoms with Gasteiger partial charge in [-0.05, 0) is 59.3 Å². The lowest BCUT2D eigenvalue weighted by atomic mass is 9.91. The Morgan fingerprint density at radius 2 is 1.94 bits per heavy atom. The molecule has 1 aromatic rings. The molecule has 0 saturated carbocycles. The van der Waals surface area contributed by atoms with Crippen molar-refractivity contribution in [1.82, 2.24) is 0 Å². The fraction of sp³-hybridized carbons (Fsp3) is 0.467. The molecule has 0 radical (unpaired) electrons. The van der Waals surface area contributed by atoms with Crippen LogP contribution in [0.4, 0.5) is 0 Å². The first kappa shape index (κ1) is 14.1. The first-order chi connectivity index (χ1) is 8.68. The highest BCUT2D eigenvalue weighted by atomic mass is 79.9. The van der Waals surface area contributed by atoms with E-state index in [4.69, 9.17) is 17.3 Å². The molecule has 1 aliphatic rings. The van der Waals surface area contributed by atoms with Crippen LogP contribution in [0, 0.1) is 0 Å². The molecule has 0 spiro atoms. The molecule has 0 bridgehead atoms. The Balaban J connectivity index is 2.18. The fourth-order valence-corrected chi connectivity index (χ4v) is 2.85. The van der Waals surface area contributed by atoms with Gasteiger partial charge in [-0.25, -0.2) is 0 Å². The minimum absolute atomic E-state index is 0.00583. The van der Waals surface area contributed by atoms with Crippen molar-refractivity contribution in [2.75, 3.05) is 0 Å². The Kier molecular flexibility index (Phi) is 5.28. The lowest BCUT2D eigenvalue weighted by molar-refractivity contribution is 0.602. The van der Waals surface area contributed by atoms with Crippen molar-refractivity contribution in [3.63, 3.8) is 0 Å². The Hall–Kier alpha value is -0.310. The Morgan fingerprint density at radius 1 is 1.17 bits per heavy atom. The predicted octanol–water partition coefficient (Wildman–Crippen LogP) is 5.38. The van der Waals surface area contributed by atoms with E-state index in [1.807, 2.05) is 12.1 Å². The molecule has 18 heavy (non-hydrogen) atoms. The van der Waals surface area contributed by atoms with Gasteiger partial charge >= 0.3 is 0 Å². The van der Waals surface area contributed by atoms with Gasteiger partial charge in [0.25, 0.3) is 0 Å². The first-order valence-corrected chi connectivity index (χ1v) is 7.75. The van der Waals surface area contributed by atoms with Crippen LogP contribution in [-0.4, -0.2) is 0 Å². The molecule has 1 aromatic carbocycles. The average molecular weight is 329 g/mol. The van der Waals surface area contributed by atoms with Crippen molar-refractivity contribution in [3.8, 4) is 0 Å². The summed E-state index contributed by atoms with van der Waals surface area (Å²) in [4.78, 5) is 0. The molecule has 1 aliphatic carbocycles. The number of halogens is 2. The van der Waals surface area contributed by atoms with E-state index in [-0.39, 0.29) is 6.04 Å². The predicted molar refractivity (Wildman–Crippen MR) is 81.9 cm³/mol. The SMILES string of the molecule is NC(/C1=C/CCCCCC1)c1ccc(Br)c(Cl)c1. The van der Waals surface area contributed by atoms with Crippen molar-refractivity contribution in [1.29, 1.82) is 0 Å². The van der Waals surface area contributed by atoms with Crippen LogP contribution in [0.3, 0.4) is 0 Å². The Bertz CT molecular complexity index is 442. The molecule has 1 nitrogen and oxygen atoms in total. The van der Waals surface area contributed by atoms with Crippen LogP contribution < -0.4 is 5.73 Å². The van der Waals surface area contributed by atoms with Crippen molar-refractivity contribution in [3.05, 3.63) is 44.9 Å². The molecule has 0 aromatic heterocycles. The number of allylic oxidation sites excluding steroid dienone is 1. The van der Waals surface area contributed by atoms with Crippen LogP contribution in [0.1, 0.15) is 50.1 Å². The van der Waals surface area contributed by atoms with E-state index in [0.29, 0.717) is 0 Å². The van der Waals surface area contributed by atoms with Gasteiger partial charge in [0.1, 0.15) is 0 Å². The van der Waals surface area contributed by atoms with E-state index in [2.05, 4.69) is 28.1 Å². The minimum atomic E-state index is -0.00583. The summed E-state index contributed by atoms with van der Waals surface area (Å²) in [6.45, 7) is 0. The van der Waals surface area contributed by atoms with Crippen LogP contribution in [0.25, 0.3) is 0 Å². The summed E-state index contributed by atoms with van der Waals surface area (Å²) in [6, 6.07) is 5.99. The Labute approximate surface area is 123 Å². The average Bonchev–Trinajstić information content (AvgIpc) is 2.31. The van der Waals surface area contributed by atoms with Crippen LogP contribution in [0.15, 0.2) is 34.3 Å². The molecule has 2 N–H and O–H groups in total. The van der Waals surface area contributed by atoms with E-state index in [9.17, 15) is 0 Å². The summed E-state index contributed by atoms with van der Waals surface area (Å²) in [5.74, 6) is 0. The maximum atomic E-state index is 6.37. The molecular weight excluding hydrogens is 310 g/mol. The summed E-state index contributed by atoms with van der Waals surface area (Å²) in [5, 5.41) is 0.731. The molecule has 0 amide bonds. The zero-order chi connectivity index (χ0) is 13.0. The zero-order valence-electron chi connectivity index (χ0n) is 10.5. The fourth-order valence-electron chi connectivity index (χ4n) is 2.42. The normalized spacial score (nSPS) is 21.6. The quantitative estimate of drug-likeness (QED) is 0.724. The molecule has 98 valence electrons. The highest BCUT2D eigenvalue weighted by Crippen LogP contribution is 2.30. The molecule has 0 aliphatic heterocycles. The third-order valence-corrected chi connectivity index (χ3v) is 4.76. The second-order valence-corrected chi connectivity index (χ2v) is 6.14. The van der Waals surface area contributed by atoms with Gasteiger partial charge in [-0.3, -0.25) is 0 Å². The van der Waals surface area contributed by atoms with Gasteiger partial charge in [0.15, 0.2) is 0 Å². The zero-order valence-corrected chi connectivity index (χ0v) is 12.8. The van der Waals surface area contributed by atoms with E-state index in [0.717, 1.165) is 27.9 Å². The van der Waals surface area contributed by atoms with Gasteiger partial charge < -0.3 is 5.73 Å². The number of hydrogen-bond donors (Lipinski definition) is 1. The summed E-state index contributed by atoms with van der Waals surface area (Å²) >= 11 is 9.54. The van der Waals surface area contributed by atoms with Gasteiger partial charge in [-0.2, -0.15) is 0 Å². The van der Waals surface area contributed by atoms with Gasteiger partial charge in [-0.1, -0.05) is 42.2 Å². The lowest BCUT2D eigenvalue weighted by Gasteiger charge is -2.19. The lowest BCUT2D eigenvalue weighted by Crippen LogP contribution is -2.14. The maximum absolute atomic E-state index is 6.37. The molecule has 0 fully saturated rings. The molecular formula is C15H19BrClN. The van der Waals surface area contributed by atoms with Gasteiger partial charge in [0.05, 0.1) is 11.1 Å². The topological polar surface area (TPSA) is 26.0 Å². The Morgan fingerprint density at radius 3 is 2.72 bits per heavy atom. The third kappa shape index (κ3) is 3.59. The highest BCUT2D eigenvalue weighted by molar-refractivity contribution is 9.10. The molecule has 0 saturated heterocycles. The van der Waals surface area contributed by atoms with Gasteiger partial charge in [-0.15, -0.1) is 0 Å². The smallest absolute Gasteiger partial charge is 0.0551 e. The van der Waals surface area contributed by atoms with Gasteiger partial charge in [0, 0.05) is 4.47 Å². The summed E-state index contributed by atoms with van der Waals surface area (Å²) < 4.78 is 0.923. The van der Waals surface area contributed by atoms with Crippen LogP contribution >= 0.6 is 27.5 Å². The summed E-state index contributed by atoms with van der Waals surface area (Å²) in [7, 11) is 0. The standard InChI is InChI=1S/C15H19BrClN/c16-13-9-8-12(10-14(13)17)15(18)11-6-4-2-1-3-5-7-11/h6,8-10,15H,1-5,7,18H2/b11-6+. The van der Waals surface area contributed by atoms with E-state index in [1.165, 1.54) is 31.3 Å². The number of benzene rings is 1. The molecule has 1 atom stereocenters. The van der Waals surface area contributed by atoms with Crippen molar-refractivity contribution in [2.45, 2.75) is 44.6 Å². The van der Waals surface area contributed by atoms with Crippen molar-refractivity contribution >= 4 is 27.5 Å². The second-order valence-electron chi connectivity index (χ2n) is 4.88. The number of hydrogen-bond acceptors (Lipinski definition) is 1. The van der Waals surface area contributed by atoms with E-state index < -0.39 is 0 Å². The molecule has 2 rings (SSSR count). The van der Waals surface area contributed by atoms with Gasteiger partial charge in [0.2, 0.25) is 0 Å².